The quantitative estimate of drug-likeness (QED) is 0.683. The number of hydrogen-bond acceptors (Lipinski definition) is 3. The number of pyridine rings is 1. The fourth-order valence-corrected chi connectivity index (χ4v) is 3.50. The third kappa shape index (κ3) is 3.94. The maximum Gasteiger partial charge on any atom is 0.322 e. The molecule has 3 heterocycles. The number of nitrogens with zero attached hydrogens (tertiary/aromatic N) is 4. The number of fused-ring (bicyclic) bond motifs is 1. The van der Waals surface area contributed by atoms with Crippen LogP contribution in [0.15, 0.2) is 42.7 Å². The van der Waals surface area contributed by atoms with Crippen molar-refractivity contribution >= 4 is 23.1 Å². The van der Waals surface area contributed by atoms with Gasteiger partial charge >= 0.3 is 6.03 Å². The van der Waals surface area contributed by atoms with Crippen LogP contribution in [0, 0.1) is 11.6 Å². The van der Waals surface area contributed by atoms with Crippen molar-refractivity contribution < 1.29 is 13.6 Å². The molecular formula is C22H25F2N5O. The van der Waals surface area contributed by atoms with Crippen LogP contribution in [0.3, 0.4) is 0 Å². The van der Waals surface area contributed by atoms with E-state index in [2.05, 4.69) is 36.0 Å². The number of benzene rings is 1. The van der Waals surface area contributed by atoms with Crippen molar-refractivity contribution in [3.63, 3.8) is 0 Å². The molecule has 1 aliphatic rings. The summed E-state index contributed by atoms with van der Waals surface area (Å²) in [6.07, 6.45) is 4.09. The molecule has 1 aliphatic heterocycles. The summed E-state index contributed by atoms with van der Waals surface area (Å²) in [5.41, 5.74) is 2.53. The Morgan fingerprint density at radius 2 is 1.67 bits per heavy atom. The number of aromatic nitrogens is 2. The molecule has 30 heavy (non-hydrogen) atoms. The fraction of sp³-hybridized carbons (Fsp3) is 0.364. The molecule has 1 aromatic carbocycles. The second-order valence-corrected chi connectivity index (χ2v) is 8.53. The van der Waals surface area contributed by atoms with Crippen LogP contribution in [-0.4, -0.2) is 46.5 Å². The minimum atomic E-state index is -0.787. The first kappa shape index (κ1) is 20.1. The van der Waals surface area contributed by atoms with Gasteiger partial charge in [0.05, 0.1) is 11.4 Å². The Kier molecular flexibility index (Phi) is 5.09. The van der Waals surface area contributed by atoms with Crippen LogP contribution < -0.4 is 10.2 Å². The number of halogens is 2. The van der Waals surface area contributed by atoms with E-state index in [1.54, 1.807) is 4.90 Å². The Hall–Kier alpha value is -3.16. The van der Waals surface area contributed by atoms with Gasteiger partial charge in [0.2, 0.25) is 0 Å². The third-order valence-electron chi connectivity index (χ3n) is 5.33. The first-order valence-electron chi connectivity index (χ1n) is 9.96. The number of para-hydroxylation sites is 1. The molecule has 2 amide bonds. The molecule has 4 rings (SSSR count). The van der Waals surface area contributed by atoms with Crippen LogP contribution in [0.25, 0.3) is 5.65 Å². The van der Waals surface area contributed by atoms with Gasteiger partial charge in [-0.3, -0.25) is 0 Å². The van der Waals surface area contributed by atoms with Crippen molar-refractivity contribution in [2.75, 3.05) is 36.4 Å². The highest BCUT2D eigenvalue weighted by Gasteiger charge is 2.24. The number of carbonyl (C=O) groups is 1. The summed E-state index contributed by atoms with van der Waals surface area (Å²) in [7, 11) is 0. The van der Waals surface area contributed by atoms with Gasteiger partial charge in [-0.1, -0.05) is 26.8 Å². The fourth-order valence-electron chi connectivity index (χ4n) is 3.50. The van der Waals surface area contributed by atoms with Gasteiger partial charge in [-0.25, -0.2) is 18.6 Å². The average molecular weight is 413 g/mol. The second-order valence-electron chi connectivity index (χ2n) is 8.53. The van der Waals surface area contributed by atoms with Gasteiger partial charge in [0.25, 0.3) is 0 Å². The summed E-state index contributed by atoms with van der Waals surface area (Å²) in [6.45, 7) is 8.56. The highest BCUT2D eigenvalue weighted by atomic mass is 19.1. The minimum absolute atomic E-state index is 0.0249. The summed E-state index contributed by atoms with van der Waals surface area (Å²) in [5.74, 6) is -1.57. The normalized spacial score (nSPS) is 15.0. The van der Waals surface area contributed by atoms with Crippen LogP contribution in [0.5, 0.6) is 0 Å². The molecule has 0 bridgehead atoms. The Balaban J connectivity index is 1.42. The lowest BCUT2D eigenvalue weighted by Crippen LogP contribution is -2.50. The lowest BCUT2D eigenvalue weighted by molar-refractivity contribution is 0.208. The maximum absolute atomic E-state index is 13.8. The summed E-state index contributed by atoms with van der Waals surface area (Å²) in [4.78, 5) is 20.9. The number of amides is 2. The van der Waals surface area contributed by atoms with Gasteiger partial charge in [-0.15, -0.1) is 0 Å². The molecule has 8 heteroatoms. The van der Waals surface area contributed by atoms with Crippen molar-refractivity contribution in [3.05, 3.63) is 60.1 Å². The summed E-state index contributed by atoms with van der Waals surface area (Å²) in [6, 6.07) is 7.02. The van der Waals surface area contributed by atoms with E-state index in [0.29, 0.717) is 26.2 Å². The Labute approximate surface area is 174 Å². The SMILES string of the molecule is CC(C)(C)c1cn2cc(N3CCN(C(=O)Nc4c(F)cccc4F)CC3)ccc2n1. The van der Waals surface area contributed by atoms with Crippen LogP contribution in [0.1, 0.15) is 26.5 Å². The molecule has 6 nitrogen and oxygen atoms in total. The smallest absolute Gasteiger partial charge is 0.322 e. The zero-order valence-corrected chi connectivity index (χ0v) is 17.3. The molecule has 1 fully saturated rings. The standard InChI is InChI=1S/C22H25F2N5O/c1-22(2,3)18-14-29-13-15(7-8-19(29)25-18)27-9-11-28(12-10-27)21(30)26-20-16(23)5-4-6-17(20)24/h4-8,13-14H,9-12H2,1-3H3,(H,26,30). The summed E-state index contributed by atoms with van der Waals surface area (Å²) >= 11 is 0. The summed E-state index contributed by atoms with van der Waals surface area (Å²) < 4.78 is 29.6. The zero-order chi connectivity index (χ0) is 21.5. The highest BCUT2D eigenvalue weighted by Crippen LogP contribution is 2.24. The molecule has 0 saturated carbocycles. The van der Waals surface area contributed by atoms with Gasteiger partial charge in [0, 0.05) is 44.0 Å². The van der Waals surface area contributed by atoms with E-state index in [-0.39, 0.29) is 5.41 Å². The van der Waals surface area contributed by atoms with Crippen LogP contribution in [0.2, 0.25) is 0 Å². The average Bonchev–Trinajstić information content (AvgIpc) is 3.15. The van der Waals surface area contributed by atoms with Crippen LogP contribution in [-0.2, 0) is 5.41 Å². The summed E-state index contributed by atoms with van der Waals surface area (Å²) in [5, 5.41) is 2.35. The number of nitrogens with one attached hydrogen (secondary N) is 1. The first-order valence-corrected chi connectivity index (χ1v) is 9.96. The topological polar surface area (TPSA) is 52.9 Å². The number of imidazole rings is 1. The minimum Gasteiger partial charge on any atom is -0.367 e. The molecule has 0 unspecified atom stereocenters. The molecule has 0 radical (unpaired) electrons. The number of anilines is 2. The third-order valence-corrected chi connectivity index (χ3v) is 5.33. The molecule has 0 atom stereocenters. The molecular weight excluding hydrogens is 388 g/mol. The molecule has 0 aliphatic carbocycles. The Morgan fingerprint density at radius 1 is 1.00 bits per heavy atom. The van der Waals surface area contributed by atoms with E-state index in [0.717, 1.165) is 29.2 Å². The molecule has 2 aromatic heterocycles. The molecule has 0 spiro atoms. The van der Waals surface area contributed by atoms with E-state index >= 15 is 0 Å². The molecule has 1 saturated heterocycles. The molecule has 158 valence electrons. The van der Waals surface area contributed by atoms with Gasteiger partial charge in [0.1, 0.15) is 23.0 Å². The Bertz CT molecular complexity index is 1060. The largest absolute Gasteiger partial charge is 0.367 e. The van der Waals surface area contributed by atoms with E-state index in [4.69, 9.17) is 0 Å². The lowest BCUT2D eigenvalue weighted by atomic mass is 9.93. The number of hydrogen-bond donors (Lipinski definition) is 1. The lowest BCUT2D eigenvalue weighted by Gasteiger charge is -2.36. The van der Waals surface area contributed by atoms with E-state index in [1.807, 2.05) is 28.9 Å². The monoisotopic (exact) mass is 413 g/mol. The van der Waals surface area contributed by atoms with Crippen molar-refractivity contribution in [3.8, 4) is 0 Å². The predicted octanol–water partition coefficient (Wildman–Crippen LogP) is 4.26. The van der Waals surface area contributed by atoms with Gasteiger partial charge in [-0.2, -0.15) is 0 Å². The second kappa shape index (κ2) is 7.59. The maximum atomic E-state index is 13.8. The van der Waals surface area contributed by atoms with Crippen molar-refractivity contribution in [1.82, 2.24) is 14.3 Å². The van der Waals surface area contributed by atoms with E-state index < -0.39 is 23.4 Å². The van der Waals surface area contributed by atoms with E-state index in [1.165, 1.54) is 6.07 Å². The number of carbonyl (C=O) groups excluding carboxylic acids is 1. The Morgan fingerprint density at radius 3 is 2.30 bits per heavy atom. The van der Waals surface area contributed by atoms with Gasteiger partial charge in [0.15, 0.2) is 0 Å². The molecule has 3 aromatic rings. The zero-order valence-electron chi connectivity index (χ0n) is 17.3. The van der Waals surface area contributed by atoms with Crippen molar-refractivity contribution in [2.24, 2.45) is 0 Å². The number of urea groups is 1. The number of rotatable bonds is 2. The molecule has 1 N–H and O–H groups in total. The number of piperazine rings is 1. The van der Waals surface area contributed by atoms with Crippen LogP contribution >= 0.6 is 0 Å². The first-order chi connectivity index (χ1) is 14.2. The van der Waals surface area contributed by atoms with Crippen LogP contribution in [0.4, 0.5) is 25.0 Å². The van der Waals surface area contributed by atoms with Crippen molar-refractivity contribution in [2.45, 2.75) is 26.2 Å². The van der Waals surface area contributed by atoms with E-state index in [9.17, 15) is 13.6 Å². The van der Waals surface area contributed by atoms with Gasteiger partial charge < -0.3 is 19.5 Å². The van der Waals surface area contributed by atoms with Crippen molar-refractivity contribution in [1.29, 1.82) is 0 Å². The highest BCUT2D eigenvalue weighted by molar-refractivity contribution is 5.89. The van der Waals surface area contributed by atoms with Gasteiger partial charge in [-0.05, 0) is 24.3 Å². The predicted molar refractivity (Wildman–Crippen MR) is 113 cm³/mol.